The molecule has 5 nitrogen and oxygen atoms in total. The van der Waals surface area contributed by atoms with Gasteiger partial charge in [-0.2, -0.15) is 0 Å². The summed E-state index contributed by atoms with van der Waals surface area (Å²) in [6.45, 7) is 1.78. The van der Waals surface area contributed by atoms with Crippen molar-refractivity contribution in [3.8, 4) is 11.6 Å². The second-order valence-corrected chi connectivity index (χ2v) is 4.82. The van der Waals surface area contributed by atoms with Crippen LogP contribution in [0.25, 0.3) is 0 Å². The molecular formula is C13H11BrFN3O2. The first-order chi connectivity index (χ1) is 9.51. The number of hydrogen-bond acceptors (Lipinski definition) is 4. The highest BCUT2D eigenvalue weighted by atomic mass is 79.9. The second kappa shape index (κ2) is 5.87. The molecule has 0 fully saturated rings. The number of pyridine rings is 1. The molecular weight excluding hydrogens is 329 g/mol. The van der Waals surface area contributed by atoms with E-state index in [1.54, 1.807) is 19.1 Å². The highest BCUT2D eigenvalue weighted by Crippen LogP contribution is 2.27. The van der Waals surface area contributed by atoms with Crippen LogP contribution in [0.1, 0.15) is 11.3 Å². The van der Waals surface area contributed by atoms with E-state index < -0.39 is 5.82 Å². The largest absolute Gasteiger partial charge is 0.438 e. The van der Waals surface area contributed by atoms with Crippen molar-refractivity contribution in [1.29, 1.82) is 0 Å². The van der Waals surface area contributed by atoms with Gasteiger partial charge in [0.25, 0.3) is 0 Å². The average molecular weight is 340 g/mol. The van der Waals surface area contributed by atoms with Gasteiger partial charge in [-0.25, -0.2) is 9.37 Å². The van der Waals surface area contributed by atoms with Gasteiger partial charge in [0.05, 0.1) is 10.0 Å². The number of nitrogens with two attached hydrogens (primary N) is 1. The Labute approximate surface area is 123 Å². The fourth-order valence-electron chi connectivity index (χ4n) is 1.51. The summed E-state index contributed by atoms with van der Waals surface area (Å²) in [6, 6.07) is 7.53. The highest BCUT2D eigenvalue weighted by molar-refractivity contribution is 9.10. The number of rotatable bonds is 3. The molecule has 7 heteroatoms. The molecule has 1 heterocycles. The summed E-state index contributed by atoms with van der Waals surface area (Å²) in [5.74, 6) is 0.0436. The third-order valence-corrected chi connectivity index (χ3v) is 3.10. The van der Waals surface area contributed by atoms with Crippen LogP contribution in [0.3, 0.4) is 0 Å². The van der Waals surface area contributed by atoms with Crippen molar-refractivity contribution < 1.29 is 14.3 Å². The molecule has 0 aliphatic carbocycles. The maximum absolute atomic E-state index is 13.2. The zero-order valence-electron chi connectivity index (χ0n) is 10.5. The number of benzene rings is 1. The van der Waals surface area contributed by atoms with E-state index in [0.717, 1.165) is 0 Å². The lowest BCUT2D eigenvalue weighted by Gasteiger charge is -2.10. The number of halogens is 2. The molecule has 1 aromatic heterocycles. The van der Waals surface area contributed by atoms with Crippen molar-refractivity contribution in [1.82, 2.24) is 4.98 Å². The van der Waals surface area contributed by atoms with Gasteiger partial charge in [-0.1, -0.05) is 5.16 Å². The lowest BCUT2D eigenvalue weighted by atomic mass is 10.2. The molecule has 0 bridgehead atoms. The number of amidine groups is 1. The van der Waals surface area contributed by atoms with Crippen LogP contribution < -0.4 is 10.5 Å². The van der Waals surface area contributed by atoms with Crippen LogP contribution >= 0.6 is 15.9 Å². The minimum absolute atomic E-state index is 0.117. The average Bonchev–Trinajstić information content (AvgIpc) is 2.42. The number of aromatic nitrogens is 1. The Morgan fingerprint density at radius 3 is 2.80 bits per heavy atom. The molecule has 20 heavy (non-hydrogen) atoms. The van der Waals surface area contributed by atoms with Gasteiger partial charge in [-0.15, -0.1) is 0 Å². The van der Waals surface area contributed by atoms with Crippen molar-refractivity contribution >= 4 is 21.8 Å². The quantitative estimate of drug-likeness (QED) is 0.389. The van der Waals surface area contributed by atoms with Crippen molar-refractivity contribution in [3.63, 3.8) is 0 Å². The maximum Gasteiger partial charge on any atom is 0.230 e. The summed E-state index contributed by atoms with van der Waals surface area (Å²) in [7, 11) is 0. The Hall–Kier alpha value is -2.15. The zero-order chi connectivity index (χ0) is 14.7. The Balaban J connectivity index is 2.41. The first-order valence-electron chi connectivity index (χ1n) is 5.59. The van der Waals surface area contributed by atoms with Crippen LogP contribution in [0.15, 0.2) is 40.0 Å². The number of nitrogens with zero attached hydrogens (tertiary/aromatic N) is 2. The molecule has 0 aliphatic rings. The summed E-state index contributed by atoms with van der Waals surface area (Å²) in [4.78, 5) is 4.19. The van der Waals surface area contributed by atoms with E-state index in [4.69, 9.17) is 15.7 Å². The molecule has 0 unspecified atom stereocenters. The van der Waals surface area contributed by atoms with Crippen LogP contribution in [0.4, 0.5) is 4.39 Å². The minimum Gasteiger partial charge on any atom is -0.438 e. The van der Waals surface area contributed by atoms with E-state index in [0.29, 0.717) is 17.0 Å². The van der Waals surface area contributed by atoms with Gasteiger partial charge in [-0.3, -0.25) is 0 Å². The Kier molecular flexibility index (Phi) is 4.19. The first-order valence-corrected chi connectivity index (χ1v) is 6.39. The van der Waals surface area contributed by atoms with Gasteiger partial charge in [0.1, 0.15) is 11.6 Å². The lowest BCUT2D eigenvalue weighted by molar-refractivity contribution is 0.318. The van der Waals surface area contributed by atoms with Crippen molar-refractivity contribution in [2.24, 2.45) is 10.9 Å². The smallest absolute Gasteiger partial charge is 0.230 e. The minimum atomic E-state index is -0.397. The van der Waals surface area contributed by atoms with Crippen LogP contribution in [-0.2, 0) is 0 Å². The van der Waals surface area contributed by atoms with Crippen LogP contribution in [0, 0.1) is 12.7 Å². The van der Waals surface area contributed by atoms with Gasteiger partial charge in [0.2, 0.25) is 5.88 Å². The molecule has 1 aromatic carbocycles. The molecule has 2 rings (SSSR count). The summed E-state index contributed by atoms with van der Waals surface area (Å²) >= 11 is 3.07. The molecule has 104 valence electrons. The maximum atomic E-state index is 13.2. The molecule has 0 aliphatic heterocycles. The van der Waals surface area contributed by atoms with Gasteiger partial charge >= 0.3 is 0 Å². The fraction of sp³-hybridized carbons (Fsp3) is 0.0769. The molecule has 0 spiro atoms. The SMILES string of the molecule is Cc1ccc(/C(N)=N/O)c(Oc2ccc(F)c(Br)c2)n1. The van der Waals surface area contributed by atoms with Gasteiger partial charge in [0.15, 0.2) is 5.84 Å². The number of ether oxygens (including phenoxy) is 1. The van der Waals surface area contributed by atoms with Crippen LogP contribution in [0.2, 0.25) is 0 Å². The van der Waals surface area contributed by atoms with Crippen molar-refractivity contribution in [3.05, 3.63) is 51.9 Å². The summed E-state index contributed by atoms with van der Waals surface area (Å²) in [6.07, 6.45) is 0. The molecule has 0 radical (unpaired) electrons. The van der Waals surface area contributed by atoms with E-state index in [-0.39, 0.29) is 16.2 Å². The second-order valence-electron chi connectivity index (χ2n) is 3.97. The standard InChI is InChI=1S/C13H11BrFN3O2/c1-7-2-4-9(12(16)18-19)13(17-7)20-8-3-5-11(15)10(14)6-8/h2-6,19H,1H3,(H2,16,18). The van der Waals surface area contributed by atoms with E-state index in [2.05, 4.69) is 26.1 Å². The van der Waals surface area contributed by atoms with Crippen molar-refractivity contribution in [2.75, 3.05) is 0 Å². The molecule has 0 amide bonds. The zero-order valence-corrected chi connectivity index (χ0v) is 12.1. The molecule has 2 aromatic rings. The number of hydrogen-bond donors (Lipinski definition) is 2. The van der Waals surface area contributed by atoms with Gasteiger partial charge in [0, 0.05) is 5.69 Å². The Morgan fingerprint density at radius 1 is 1.40 bits per heavy atom. The molecule has 0 saturated heterocycles. The van der Waals surface area contributed by atoms with Crippen LogP contribution in [-0.4, -0.2) is 16.0 Å². The Bertz CT molecular complexity index is 677. The van der Waals surface area contributed by atoms with E-state index in [9.17, 15) is 4.39 Å². The first kappa shape index (κ1) is 14.3. The number of aryl methyl sites for hydroxylation is 1. The summed E-state index contributed by atoms with van der Waals surface area (Å²) in [5, 5.41) is 11.7. The highest BCUT2D eigenvalue weighted by Gasteiger charge is 2.12. The van der Waals surface area contributed by atoms with Crippen LogP contribution in [0.5, 0.6) is 11.6 Å². The van der Waals surface area contributed by atoms with E-state index >= 15 is 0 Å². The summed E-state index contributed by atoms with van der Waals surface area (Å²) in [5.41, 5.74) is 6.61. The molecule has 0 atom stereocenters. The topological polar surface area (TPSA) is 80.7 Å². The number of oxime groups is 1. The monoisotopic (exact) mass is 339 g/mol. The van der Waals surface area contributed by atoms with Gasteiger partial charge < -0.3 is 15.7 Å². The molecule has 3 N–H and O–H groups in total. The Morgan fingerprint density at radius 2 is 2.15 bits per heavy atom. The normalized spacial score (nSPS) is 11.4. The predicted octanol–water partition coefficient (Wildman–Crippen LogP) is 3.18. The third kappa shape index (κ3) is 3.05. The summed E-state index contributed by atoms with van der Waals surface area (Å²) < 4.78 is 19.0. The van der Waals surface area contributed by atoms with E-state index in [1.807, 2.05) is 0 Å². The predicted molar refractivity (Wildman–Crippen MR) is 75.7 cm³/mol. The van der Waals surface area contributed by atoms with Crippen molar-refractivity contribution in [2.45, 2.75) is 6.92 Å². The lowest BCUT2D eigenvalue weighted by Crippen LogP contribution is -2.15. The molecule has 0 saturated carbocycles. The van der Waals surface area contributed by atoms with Gasteiger partial charge in [-0.05, 0) is 53.2 Å². The fourth-order valence-corrected chi connectivity index (χ4v) is 1.87. The van der Waals surface area contributed by atoms with E-state index in [1.165, 1.54) is 18.2 Å². The third-order valence-electron chi connectivity index (χ3n) is 2.49.